The Morgan fingerprint density at radius 1 is 0.931 bits per heavy atom. The lowest BCUT2D eigenvalue weighted by Gasteiger charge is -2.49. The molecule has 0 heterocycles. The van der Waals surface area contributed by atoms with Crippen molar-refractivity contribution in [2.24, 2.45) is 17.8 Å². The molecular formula is C26H52O2Si. The average molecular weight is 425 g/mol. The molecule has 0 aliphatic carbocycles. The summed E-state index contributed by atoms with van der Waals surface area (Å²) in [5, 5.41) is 0.0391. The molecule has 172 valence electrons. The van der Waals surface area contributed by atoms with E-state index in [0.29, 0.717) is 23.3 Å². The van der Waals surface area contributed by atoms with Crippen molar-refractivity contribution in [1.29, 1.82) is 0 Å². The van der Waals surface area contributed by atoms with E-state index >= 15 is 0 Å². The third kappa shape index (κ3) is 8.59. The Morgan fingerprint density at radius 2 is 1.34 bits per heavy atom. The van der Waals surface area contributed by atoms with Crippen LogP contribution in [0, 0.1) is 17.8 Å². The summed E-state index contributed by atoms with van der Waals surface area (Å²) in [4.78, 5) is 12.9. The van der Waals surface area contributed by atoms with Gasteiger partial charge in [-0.05, 0) is 41.8 Å². The summed E-state index contributed by atoms with van der Waals surface area (Å²) in [5.41, 5.74) is 0.546. The smallest absolute Gasteiger partial charge is 0.319 e. The highest BCUT2D eigenvalue weighted by atomic mass is 28.4. The van der Waals surface area contributed by atoms with Gasteiger partial charge in [-0.25, -0.2) is 4.79 Å². The maximum Gasteiger partial charge on any atom is 0.319 e. The molecule has 0 radical (unpaired) electrons. The molecule has 3 heteroatoms. The van der Waals surface area contributed by atoms with Gasteiger partial charge in [-0.1, -0.05) is 113 Å². The molecule has 0 aliphatic rings. The first kappa shape index (κ1) is 28.4. The maximum atomic E-state index is 12.9. The lowest BCUT2D eigenvalue weighted by Crippen LogP contribution is -2.54. The molecule has 0 aromatic heterocycles. The first-order valence-corrected chi connectivity index (χ1v) is 14.7. The molecule has 0 N–H and O–H groups in total. The molecule has 2 atom stereocenters. The summed E-state index contributed by atoms with van der Waals surface area (Å²) in [6.07, 6.45) is 9.88. The van der Waals surface area contributed by atoms with Crippen molar-refractivity contribution in [2.75, 3.05) is 0 Å². The first-order valence-electron chi connectivity index (χ1n) is 12.4. The normalized spacial score (nSPS) is 16.3. The van der Waals surface area contributed by atoms with Crippen LogP contribution in [0.2, 0.25) is 17.1 Å². The molecule has 0 saturated carbocycles. The van der Waals surface area contributed by atoms with Crippen molar-refractivity contribution in [3.05, 3.63) is 12.2 Å². The van der Waals surface area contributed by atoms with E-state index in [4.69, 9.17) is 4.43 Å². The Kier molecular flexibility index (Phi) is 13.4. The largest absolute Gasteiger partial charge is 0.515 e. The van der Waals surface area contributed by atoms with Gasteiger partial charge < -0.3 is 4.43 Å². The van der Waals surface area contributed by atoms with Gasteiger partial charge in [0.25, 0.3) is 8.32 Å². The van der Waals surface area contributed by atoms with Crippen LogP contribution in [0.4, 0.5) is 0 Å². The van der Waals surface area contributed by atoms with Crippen molar-refractivity contribution in [1.82, 2.24) is 0 Å². The predicted molar refractivity (Wildman–Crippen MR) is 132 cm³/mol. The lowest BCUT2D eigenvalue weighted by atomic mass is 9.98. The van der Waals surface area contributed by atoms with Gasteiger partial charge in [-0.15, -0.1) is 0 Å². The lowest BCUT2D eigenvalue weighted by molar-refractivity contribution is -0.131. The van der Waals surface area contributed by atoms with Gasteiger partial charge in [0, 0.05) is 5.57 Å². The van der Waals surface area contributed by atoms with Crippen LogP contribution in [0.15, 0.2) is 12.2 Å². The Hall–Kier alpha value is -0.573. The number of hydrogen-bond donors (Lipinski definition) is 0. The minimum Gasteiger partial charge on any atom is -0.515 e. The minimum atomic E-state index is -2.39. The molecule has 0 saturated heterocycles. The van der Waals surface area contributed by atoms with Crippen molar-refractivity contribution in [3.63, 3.8) is 0 Å². The van der Waals surface area contributed by atoms with Crippen LogP contribution >= 0.6 is 0 Å². The van der Waals surface area contributed by atoms with Crippen molar-refractivity contribution in [2.45, 2.75) is 131 Å². The Bertz CT molecular complexity index is 463. The second kappa shape index (κ2) is 13.7. The average Bonchev–Trinajstić information content (AvgIpc) is 2.67. The molecule has 0 amide bonds. The molecule has 0 aromatic rings. The fraction of sp³-hybridized carbons (Fsp3) is 0.885. The standard InChI is InChI=1S/C26H52O2Si/c1-11-15-17-23(13-3)19-29(26(9,10)22(7)8,28-25(27)21(5)6)20-24(14-4)18-16-12-2/h22-24H,5,11-20H2,1-4,6-10H3. The molecule has 0 rings (SSSR count). The quantitative estimate of drug-likeness (QED) is 0.182. The Labute approximate surface area is 184 Å². The van der Waals surface area contributed by atoms with E-state index in [1.807, 2.05) is 0 Å². The van der Waals surface area contributed by atoms with Gasteiger partial charge in [0.15, 0.2) is 0 Å². The van der Waals surface area contributed by atoms with E-state index in [9.17, 15) is 4.79 Å². The summed E-state index contributed by atoms with van der Waals surface area (Å²) < 4.78 is 6.65. The molecule has 2 unspecified atom stereocenters. The van der Waals surface area contributed by atoms with E-state index in [1.165, 1.54) is 51.4 Å². The SMILES string of the molecule is C=C(C)C(=O)O[Si](CC(CC)CCCC)(CC(CC)CCCC)C(C)(C)C(C)C. The molecule has 0 bridgehead atoms. The van der Waals surface area contributed by atoms with E-state index < -0.39 is 8.32 Å². The highest BCUT2D eigenvalue weighted by Crippen LogP contribution is 2.53. The van der Waals surface area contributed by atoms with Gasteiger partial charge in [-0.3, -0.25) is 0 Å². The molecule has 0 aliphatic heterocycles. The van der Waals surface area contributed by atoms with Crippen LogP contribution in [0.1, 0.15) is 114 Å². The van der Waals surface area contributed by atoms with Gasteiger partial charge in [0.05, 0.1) is 0 Å². The van der Waals surface area contributed by atoms with Crippen LogP contribution in [-0.4, -0.2) is 14.3 Å². The summed E-state index contributed by atoms with van der Waals surface area (Å²) in [7, 11) is -2.39. The molecule has 0 fully saturated rings. The highest BCUT2D eigenvalue weighted by molar-refractivity contribution is 6.78. The van der Waals surface area contributed by atoms with E-state index in [1.54, 1.807) is 6.92 Å². The topological polar surface area (TPSA) is 26.3 Å². The first-order chi connectivity index (χ1) is 13.5. The van der Waals surface area contributed by atoms with Crippen molar-refractivity contribution >= 4 is 14.3 Å². The van der Waals surface area contributed by atoms with E-state index in [0.717, 1.165) is 12.1 Å². The summed E-state index contributed by atoms with van der Waals surface area (Å²) >= 11 is 0. The molecule has 2 nitrogen and oxygen atoms in total. The third-order valence-electron chi connectivity index (χ3n) is 7.58. The van der Waals surface area contributed by atoms with E-state index in [2.05, 4.69) is 62.0 Å². The Balaban J connectivity index is 6.22. The van der Waals surface area contributed by atoms with Crippen LogP contribution in [0.5, 0.6) is 0 Å². The molecule has 29 heavy (non-hydrogen) atoms. The van der Waals surface area contributed by atoms with Crippen LogP contribution < -0.4 is 0 Å². The third-order valence-corrected chi connectivity index (χ3v) is 13.6. The van der Waals surface area contributed by atoms with Crippen molar-refractivity contribution < 1.29 is 9.22 Å². The second-order valence-electron chi connectivity index (χ2n) is 10.3. The van der Waals surface area contributed by atoms with Gasteiger partial charge >= 0.3 is 5.97 Å². The second-order valence-corrected chi connectivity index (χ2v) is 14.6. The van der Waals surface area contributed by atoms with Crippen molar-refractivity contribution in [3.8, 4) is 0 Å². The monoisotopic (exact) mass is 424 g/mol. The fourth-order valence-electron chi connectivity index (χ4n) is 4.43. The minimum absolute atomic E-state index is 0.0391. The molecule has 0 spiro atoms. The van der Waals surface area contributed by atoms with Crippen LogP contribution in [0.3, 0.4) is 0 Å². The number of carbonyl (C=O) groups is 1. The molecule has 0 aromatic carbocycles. The van der Waals surface area contributed by atoms with E-state index in [-0.39, 0.29) is 11.0 Å². The van der Waals surface area contributed by atoms with Gasteiger partial charge in [-0.2, -0.15) is 0 Å². The summed E-state index contributed by atoms with van der Waals surface area (Å²) in [6, 6.07) is 2.21. The van der Waals surface area contributed by atoms with Crippen LogP contribution in [0.25, 0.3) is 0 Å². The molecular weight excluding hydrogens is 372 g/mol. The summed E-state index contributed by atoms with van der Waals surface area (Å²) in [6.45, 7) is 24.3. The van der Waals surface area contributed by atoms with Gasteiger partial charge in [0.2, 0.25) is 0 Å². The summed E-state index contributed by atoms with van der Waals surface area (Å²) in [5.74, 6) is 1.64. The zero-order valence-electron chi connectivity index (χ0n) is 21.3. The van der Waals surface area contributed by atoms with Gasteiger partial charge in [0.1, 0.15) is 0 Å². The Morgan fingerprint density at radius 3 is 1.62 bits per heavy atom. The zero-order valence-corrected chi connectivity index (χ0v) is 22.3. The highest BCUT2D eigenvalue weighted by Gasteiger charge is 2.54. The zero-order chi connectivity index (χ0) is 22.7. The number of rotatable bonds is 16. The number of unbranched alkanes of at least 4 members (excludes halogenated alkanes) is 2. The fourth-order valence-corrected chi connectivity index (χ4v) is 10.5. The van der Waals surface area contributed by atoms with Crippen LogP contribution in [-0.2, 0) is 9.22 Å². The maximum absolute atomic E-state index is 12.9. The number of carbonyl (C=O) groups excluding carboxylic acids is 1. The number of hydrogen-bond acceptors (Lipinski definition) is 2. The predicted octanol–water partition coefficient (Wildman–Crippen LogP) is 8.92.